The highest BCUT2D eigenvalue weighted by molar-refractivity contribution is 9.10. The van der Waals surface area contributed by atoms with Crippen molar-refractivity contribution in [1.82, 2.24) is 19.3 Å². The van der Waals surface area contributed by atoms with E-state index in [2.05, 4.69) is 31.0 Å². The van der Waals surface area contributed by atoms with Crippen molar-refractivity contribution in [2.24, 2.45) is 10.7 Å². The summed E-state index contributed by atoms with van der Waals surface area (Å²) in [6.07, 6.45) is 0.773. The third-order valence-electron chi connectivity index (χ3n) is 5.04. The number of ether oxygens (including phenoxy) is 1. The number of amides is 1. The fourth-order valence-corrected chi connectivity index (χ4v) is 4.01. The van der Waals surface area contributed by atoms with E-state index in [1.807, 2.05) is 25.3 Å². The molecular weight excluding hydrogens is 440 g/mol. The Labute approximate surface area is 175 Å². The highest BCUT2D eigenvalue weighted by atomic mass is 79.9. The number of aromatic nitrogens is 4. The van der Waals surface area contributed by atoms with Crippen LogP contribution in [0.5, 0.6) is 5.75 Å². The first-order valence-corrected chi connectivity index (χ1v) is 10.1. The third kappa shape index (κ3) is 3.07. The van der Waals surface area contributed by atoms with Crippen LogP contribution in [-0.2, 0) is 6.54 Å². The van der Waals surface area contributed by atoms with Crippen molar-refractivity contribution in [3.05, 3.63) is 33.6 Å². The molecule has 3 aromatic rings. The highest BCUT2D eigenvalue weighted by Gasteiger charge is 2.27. The molecule has 1 atom stereocenters. The van der Waals surface area contributed by atoms with Gasteiger partial charge in [0.05, 0.1) is 27.4 Å². The van der Waals surface area contributed by atoms with E-state index in [0.717, 1.165) is 6.42 Å². The maximum atomic E-state index is 13.0. The number of nitrogens with two attached hydrogens (primary N) is 1. The molecule has 0 fully saturated rings. The van der Waals surface area contributed by atoms with Crippen molar-refractivity contribution >= 4 is 44.7 Å². The topological polar surface area (TPSA) is 123 Å². The lowest BCUT2D eigenvalue weighted by atomic mass is 10.1. The van der Waals surface area contributed by atoms with Gasteiger partial charge in [-0.3, -0.25) is 14.0 Å². The molecule has 0 saturated carbocycles. The largest absolute Gasteiger partial charge is 0.857 e. The van der Waals surface area contributed by atoms with Crippen molar-refractivity contribution in [3.63, 3.8) is 0 Å². The molecule has 0 unspecified atom stereocenters. The number of primary amides is 1. The summed E-state index contributed by atoms with van der Waals surface area (Å²) < 4.78 is 9.97. The molecule has 0 aliphatic carbocycles. The van der Waals surface area contributed by atoms with Crippen LogP contribution < -0.4 is 15.6 Å². The number of carbonyl (C=O) groups excluding carboxylic acids is 1. The van der Waals surface area contributed by atoms with Gasteiger partial charge in [0.1, 0.15) is 17.9 Å². The molecule has 10 heteroatoms. The number of rotatable bonds is 5. The fourth-order valence-electron chi connectivity index (χ4n) is 3.56. The van der Waals surface area contributed by atoms with Crippen LogP contribution in [0.3, 0.4) is 0 Å². The molecule has 2 N–H and O–H groups in total. The summed E-state index contributed by atoms with van der Waals surface area (Å²) in [5.74, 6) is -0.224. The van der Waals surface area contributed by atoms with E-state index in [1.165, 1.54) is 0 Å². The van der Waals surface area contributed by atoms with Gasteiger partial charge < -0.3 is 15.6 Å². The smallest absolute Gasteiger partial charge is 0.248 e. The summed E-state index contributed by atoms with van der Waals surface area (Å²) in [5.41, 5.74) is 8.04. The summed E-state index contributed by atoms with van der Waals surface area (Å²) in [4.78, 5) is 20.5. The summed E-state index contributed by atoms with van der Waals surface area (Å²) in [7, 11) is 0. The van der Waals surface area contributed by atoms with Crippen LogP contribution in [-0.4, -0.2) is 37.7 Å². The average molecular weight is 460 g/mol. The number of nitrogens with zero attached hydrogens (tertiary/aromatic N) is 5. The number of carbonyl (C=O) groups is 1. The van der Waals surface area contributed by atoms with Gasteiger partial charge in [-0.05, 0) is 48.3 Å². The summed E-state index contributed by atoms with van der Waals surface area (Å²) >= 11 is 3.44. The second-order valence-electron chi connectivity index (χ2n) is 6.84. The lowest BCUT2D eigenvalue weighted by Crippen LogP contribution is -2.25. The van der Waals surface area contributed by atoms with Gasteiger partial charge in [0.15, 0.2) is 0 Å². The highest BCUT2D eigenvalue weighted by Crippen LogP contribution is 2.39. The Kier molecular flexibility index (Phi) is 4.81. The minimum atomic E-state index is -0.570. The van der Waals surface area contributed by atoms with Gasteiger partial charge in [-0.1, -0.05) is 6.92 Å². The standard InChI is InChI=1S/C19H21BrN6O3/c1-4-11-8-29-13-7-10(17(21)27)6-12-15(13)26(11)19(22-12)23-18(28)16-14(20)9(3)24-25(16)5-2/h6-7,11H,4-5,8H2,1-3H3,(H2,21,27)(H,22,23,28)/p-1/t11-/m0/s1. The molecule has 4 rings (SSSR count). The predicted molar refractivity (Wildman–Crippen MR) is 110 cm³/mol. The van der Waals surface area contributed by atoms with Crippen molar-refractivity contribution in [3.8, 4) is 5.75 Å². The average Bonchev–Trinajstić information content (AvgIpc) is 3.20. The van der Waals surface area contributed by atoms with Gasteiger partial charge in [-0.15, -0.1) is 0 Å². The van der Waals surface area contributed by atoms with Crippen LogP contribution in [0.15, 0.2) is 21.6 Å². The van der Waals surface area contributed by atoms with E-state index in [-0.39, 0.29) is 12.0 Å². The summed E-state index contributed by atoms with van der Waals surface area (Å²) in [5, 5.41) is 17.4. The second-order valence-corrected chi connectivity index (χ2v) is 7.63. The third-order valence-corrected chi connectivity index (χ3v) is 5.99. The lowest BCUT2D eigenvalue weighted by molar-refractivity contribution is -0.213. The Bertz CT molecular complexity index is 1160. The lowest BCUT2D eigenvalue weighted by Gasteiger charge is -2.26. The zero-order valence-corrected chi connectivity index (χ0v) is 17.9. The molecule has 2 aromatic heterocycles. The van der Waals surface area contributed by atoms with Gasteiger partial charge in [0.25, 0.3) is 0 Å². The van der Waals surface area contributed by atoms with Crippen LogP contribution in [0.1, 0.15) is 48.1 Å². The molecule has 0 bridgehead atoms. The monoisotopic (exact) mass is 459 g/mol. The maximum absolute atomic E-state index is 13.0. The van der Waals surface area contributed by atoms with Gasteiger partial charge >= 0.3 is 0 Å². The molecule has 152 valence electrons. The molecule has 0 saturated heterocycles. The minimum absolute atomic E-state index is 0.0280. The molecule has 1 aliphatic rings. The van der Waals surface area contributed by atoms with Crippen molar-refractivity contribution in [1.29, 1.82) is 0 Å². The maximum Gasteiger partial charge on any atom is 0.248 e. The van der Waals surface area contributed by atoms with Crippen molar-refractivity contribution < 1.29 is 14.6 Å². The van der Waals surface area contributed by atoms with Crippen molar-refractivity contribution in [2.75, 3.05) is 6.61 Å². The van der Waals surface area contributed by atoms with E-state index in [0.29, 0.717) is 51.4 Å². The van der Waals surface area contributed by atoms with E-state index in [1.54, 1.807) is 16.8 Å². The predicted octanol–water partition coefficient (Wildman–Crippen LogP) is 2.20. The minimum Gasteiger partial charge on any atom is -0.857 e. The number of benzene rings is 1. The van der Waals surface area contributed by atoms with Gasteiger partial charge in [-0.25, -0.2) is 9.98 Å². The van der Waals surface area contributed by atoms with Gasteiger partial charge in [0, 0.05) is 18.0 Å². The first-order chi connectivity index (χ1) is 13.8. The van der Waals surface area contributed by atoms with Crippen LogP contribution in [0.2, 0.25) is 0 Å². The fraction of sp³-hybridized carbons (Fsp3) is 0.368. The summed E-state index contributed by atoms with van der Waals surface area (Å²) in [6.45, 7) is 6.69. The van der Waals surface area contributed by atoms with Gasteiger partial charge in [-0.2, -0.15) is 5.10 Å². The Morgan fingerprint density at radius 2 is 2.21 bits per heavy atom. The molecule has 9 nitrogen and oxygen atoms in total. The van der Waals surface area contributed by atoms with Crippen LogP contribution in [0.4, 0.5) is 5.95 Å². The number of aryl methyl sites for hydroxylation is 2. The normalized spacial score (nSPS) is 16.3. The number of imidazole rings is 1. The molecule has 0 spiro atoms. The van der Waals surface area contributed by atoms with Crippen LogP contribution in [0, 0.1) is 6.92 Å². The Morgan fingerprint density at radius 3 is 2.86 bits per heavy atom. The van der Waals surface area contributed by atoms with E-state index >= 15 is 0 Å². The second kappa shape index (κ2) is 7.18. The first-order valence-electron chi connectivity index (χ1n) is 9.33. The van der Waals surface area contributed by atoms with Crippen LogP contribution >= 0.6 is 15.9 Å². The SMILES string of the molecule is CC[C@H]1COc2cc(C(N)=O)cc3nc(N=C([O-])c4c(Br)c(C)nn4CC)n1c23. The first kappa shape index (κ1) is 19.4. The Balaban J connectivity index is 1.94. The Hall–Kier alpha value is -2.88. The number of aliphatic imine (C=N–C) groups is 1. The molecule has 1 aliphatic heterocycles. The molecular formula is C19H20BrN6O3-. The number of hydrogen-bond donors (Lipinski definition) is 1. The van der Waals surface area contributed by atoms with Gasteiger partial charge in [0.2, 0.25) is 11.9 Å². The number of halogens is 1. The molecule has 1 amide bonds. The van der Waals surface area contributed by atoms with E-state index in [9.17, 15) is 9.90 Å². The van der Waals surface area contributed by atoms with E-state index < -0.39 is 11.8 Å². The molecule has 3 heterocycles. The van der Waals surface area contributed by atoms with E-state index in [4.69, 9.17) is 10.5 Å². The molecule has 29 heavy (non-hydrogen) atoms. The van der Waals surface area contributed by atoms with Crippen LogP contribution in [0.25, 0.3) is 11.0 Å². The zero-order valence-electron chi connectivity index (χ0n) is 16.3. The Morgan fingerprint density at radius 1 is 1.45 bits per heavy atom. The quantitative estimate of drug-likeness (QED) is 0.462. The summed E-state index contributed by atoms with van der Waals surface area (Å²) in [6, 6.07) is 3.17. The molecule has 1 aromatic carbocycles. The molecule has 0 radical (unpaired) electrons. The zero-order chi connectivity index (χ0) is 20.9. The number of hydrogen-bond acceptors (Lipinski definition) is 6. The van der Waals surface area contributed by atoms with Crippen molar-refractivity contribution in [2.45, 2.75) is 39.8 Å².